The molecule has 170 valence electrons. The van der Waals surface area contributed by atoms with Gasteiger partial charge in [0.25, 0.3) is 5.91 Å². The zero-order chi connectivity index (χ0) is 23.6. The number of aromatic nitrogens is 2. The molecular formula is C20H19F3N4O3S2. The number of alkyl halides is 3. The van der Waals surface area contributed by atoms with E-state index < -0.39 is 31.6 Å². The molecule has 1 aliphatic rings. The van der Waals surface area contributed by atoms with Gasteiger partial charge in [0.15, 0.2) is 5.67 Å². The maximum Gasteiger partial charge on any atom is 0.347 e. The van der Waals surface area contributed by atoms with E-state index in [1.165, 1.54) is 4.90 Å². The van der Waals surface area contributed by atoms with Crippen molar-refractivity contribution in [2.75, 3.05) is 18.8 Å². The summed E-state index contributed by atoms with van der Waals surface area (Å²) >= 11 is 1.09. The Morgan fingerprint density at radius 1 is 1.19 bits per heavy atom. The standard InChI is InChI=1S/C20H19F3N4O3S2/c1-10-11(2)25-26-17-14(10)15(24)16(31-17)18(28)27-8-20(23,9-27)12-4-6-13(7-5-12)32(29,30)19(3,21)22/h4-7H,8-9,24H2,1-3H3. The maximum atomic E-state index is 15.3. The predicted octanol–water partition coefficient (Wildman–Crippen LogP) is 3.60. The summed E-state index contributed by atoms with van der Waals surface area (Å²) in [5, 5.41) is 4.81. The lowest BCUT2D eigenvalue weighted by Crippen LogP contribution is -2.58. The number of halogens is 3. The van der Waals surface area contributed by atoms with Crippen molar-refractivity contribution in [2.45, 2.75) is 36.6 Å². The molecule has 0 unspecified atom stereocenters. The normalized spacial score (nSPS) is 16.2. The molecule has 1 aliphatic heterocycles. The van der Waals surface area contributed by atoms with E-state index in [-0.39, 0.29) is 36.1 Å². The highest BCUT2D eigenvalue weighted by molar-refractivity contribution is 7.92. The number of hydrogen-bond acceptors (Lipinski definition) is 7. The highest BCUT2D eigenvalue weighted by Crippen LogP contribution is 2.41. The number of thiophene rings is 1. The van der Waals surface area contributed by atoms with Crippen LogP contribution in [-0.4, -0.2) is 47.8 Å². The molecule has 3 heterocycles. The third-order valence-corrected chi connectivity index (χ3v) is 8.57. The Morgan fingerprint density at radius 3 is 2.34 bits per heavy atom. The van der Waals surface area contributed by atoms with Gasteiger partial charge in [-0.2, -0.15) is 13.9 Å². The molecule has 0 saturated carbocycles. The quantitative estimate of drug-likeness (QED) is 0.607. The third kappa shape index (κ3) is 3.32. The minimum atomic E-state index is -4.86. The Balaban J connectivity index is 1.55. The highest BCUT2D eigenvalue weighted by atomic mass is 32.2. The van der Waals surface area contributed by atoms with Crippen LogP contribution in [0.5, 0.6) is 0 Å². The summed E-state index contributed by atoms with van der Waals surface area (Å²) < 4.78 is 65.6. The smallest absolute Gasteiger partial charge is 0.347 e. The van der Waals surface area contributed by atoms with E-state index in [0.717, 1.165) is 41.2 Å². The Labute approximate surface area is 186 Å². The molecule has 0 spiro atoms. The number of amides is 1. The Kier molecular flexibility index (Phi) is 5.01. The topological polar surface area (TPSA) is 106 Å². The van der Waals surface area contributed by atoms with Gasteiger partial charge in [-0.05, 0) is 37.1 Å². The predicted molar refractivity (Wildman–Crippen MR) is 114 cm³/mol. The molecule has 12 heteroatoms. The van der Waals surface area contributed by atoms with Crippen LogP contribution in [-0.2, 0) is 15.5 Å². The Hall–Kier alpha value is -2.73. The minimum Gasteiger partial charge on any atom is -0.397 e. The van der Waals surface area contributed by atoms with E-state index in [4.69, 9.17) is 5.73 Å². The van der Waals surface area contributed by atoms with E-state index in [9.17, 15) is 22.0 Å². The van der Waals surface area contributed by atoms with E-state index in [0.29, 0.717) is 15.9 Å². The van der Waals surface area contributed by atoms with Crippen LogP contribution >= 0.6 is 11.3 Å². The van der Waals surface area contributed by atoms with Crippen LogP contribution in [0.2, 0.25) is 0 Å². The highest BCUT2D eigenvalue weighted by Gasteiger charge is 2.48. The summed E-state index contributed by atoms with van der Waals surface area (Å²) in [6.45, 7) is 3.35. The van der Waals surface area contributed by atoms with Crippen LogP contribution in [0.15, 0.2) is 29.2 Å². The van der Waals surface area contributed by atoms with Crippen molar-refractivity contribution in [2.24, 2.45) is 0 Å². The second kappa shape index (κ2) is 7.14. The van der Waals surface area contributed by atoms with E-state index in [2.05, 4.69) is 10.2 Å². The molecule has 7 nitrogen and oxygen atoms in total. The number of nitrogens with two attached hydrogens (primary N) is 1. The number of likely N-dealkylation sites (tertiary alicyclic amines) is 1. The number of carbonyl (C=O) groups excluding carboxylic acids is 1. The summed E-state index contributed by atoms with van der Waals surface area (Å²) in [5.74, 6) is -0.444. The van der Waals surface area contributed by atoms with Gasteiger partial charge in [0.05, 0.1) is 29.4 Å². The molecule has 1 aromatic carbocycles. The molecule has 1 amide bonds. The molecule has 0 atom stereocenters. The first-order valence-corrected chi connectivity index (χ1v) is 11.8. The van der Waals surface area contributed by atoms with Gasteiger partial charge in [-0.1, -0.05) is 12.1 Å². The zero-order valence-corrected chi connectivity index (χ0v) is 19.0. The number of carbonyl (C=O) groups is 1. The fourth-order valence-corrected chi connectivity index (χ4v) is 5.54. The van der Waals surface area contributed by atoms with Crippen molar-refractivity contribution < 1.29 is 26.4 Å². The van der Waals surface area contributed by atoms with E-state index in [1.807, 2.05) is 6.92 Å². The van der Waals surface area contributed by atoms with Crippen molar-refractivity contribution in [1.82, 2.24) is 15.1 Å². The summed E-state index contributed by atoms with van der Waals surface area (Å²) in [4.78, 5) is 14.4. The van der Waals surface area contributed by atoms with Crippen LogP contribution in [0, 0.1) is 13.8 Å². The van der Waals surface area contributed by atoms with Crippen molar-refractivity contribution in [3.05, 3.63) is 46.0 Å². The summed E-state index contributed by atoms with van der Waals surface area (Å²) in [6.07, 6.45) is 0. The number of anilines is 1. The summed E-state index contributed by atoms with van der Waals surface area (Å²) in [7, 11) is -4.86. The molecular weight excluding hydrogens is 465 g/mol. The van der Waals surface area contributed by atoms with Gasteiger partial charge in [0.1, 0.15) is 9.71 Å². The molecule has 3 aromatic rings. The number of nitrogens with zero attached hydrogens (tertiary/aromatic N) is 3. The average molecular weight is 485 g/mol. The molecule has 1 saturated heterocycles. The van der Waals surface area contributed by atoms with Gasteiger partial charge in [-0.15, -0.1) is 16.4 Å². The molecule has 0 aliphatic carbocycles. The first-order valence-electron chi connectivity index (χ1n) is 9.49. The number of fused-ring (bicyclic) bond motifs is 1. The number of rotatable bonds is 4. The number of sulfone groups is 1. The first-order chi connectivity index (χ1) is 14.8. The number of benzene rings is 1. The molecule has 0 radical (unpaired) electrons. The second-order valence-corrected chi connectivity index (χ2v) is 11.1. The second-order valence-electron chi connectivity index (χ2n) is 7.90. The van der Waals surface area contributed by atoms with Crippen molar-refractivity contribution >= 4 is 43.0 Å². The summed E-state index contributed by atoms with van der Waals surface area (Å²) in [5.41, 5.74) is 6.14. The van der Waals surface area contributed by atoms with Gasteiger partial charge in [-0.25, -0.2) is 12.8 Å². The Morgan fingerprint density at radius 2 is 1.78 bits per heavy atom. The fourth-order valence-electron chi connectivity index (χ4n) is 3.57. The average Bonchev–Trinajstić information content (AvgIpc) is 3.04. The molecule has 32 heavy (non-hydrogen) atoms. The minimum absolute atomic E-state index is 0.0987. The van der Waals surface area contributed by atoms with Crippen LogP contribution in [0.3, 0.4) is 0 Å². The molecule has 0 bridgehead atoms. The third-order valence-electron chi connectivity index (χ3n) is 5.65. The van der Waals surface area contributed by atoms with Gasteiger partial charge in [0.2, 0.25) is 9.84 Å². The monoisotopic (exact) mass is 484 g/mol. The largest absolute Gasteiger partial charge is 0.397 e. The zero-order valence-electron chi connectivity index (χ0n) is 17.3. The van der Waals surface area contributed by atoms with Gasteiger partial charge >= 0.3 is 5.25 Å². The van der Waals surface area contributed by atoms with Gasteiger partial charge in [0, 0.05) is 12.3 Å². The van der Waals surface area contributed by atoms with Crippen LogP contribution in [0.1, 0.15) is 33.4 Å². The van der Waals surface area contributed by atoms with Crippen molar-refractivity contribution in [1.29, 1.82) is 0 Å². The lowest BCUT2D eigenvalue weighted by molar-refractivity contribution is -0.0228. The number of nitrogen functional groups attached to an aromatic ring is 1. The maximum absolute atomic E-state index is 15.3. The van der Waals surface area contributed by atoms with Crippen LogP contribution in [0.25, 0.3) is 10.2 Å². The SMILES string of the molecule is Cc1nnc2sc(C(=O)N3CC(F)(c4ccc(S(=O)(=O)C(C)(F)F)cc4)C3)c(N)c2c1C. The molecule has 4 rings (SSSR count). The van der Waals surface area contributed by atoms with E-state index >= 15 is 4.39 Å². The first kappa shape index (κ1) is 22.5. The lowest BCUT2D eigenvalue weighted by atomic mass is 9.88. The van der Waals surface area contributed by atoms with Gasteiger partial charge < -0.3 is 10.6 Å². The van der Waals surface area contributed by atoms with Crippen LogP contribution < -0.4 is 5.73 Å². The number of aryl methyl sites for hydroxylation is 2. The molecule has 2 N–H and O–H groups in total. The Bertz CT molecular complexity index is 1340. The van der Waals surface area contributed by atoms with Crippen molar-refractivity contribution in [3.8, 4) is 0 Å². The summed E-state index contributed by atoms with van der Waals surface area (Å²) in [6, 6.07) is 4.19. The number of hydrogen-bond donors (Lipinski definition) is 1. The molecule has 1 fully saturated rings. The lowest BCUT2D eigenvalue weighted by Gasteiger charge is -2.44. The van der Waals surface area contributed by atoms with Gasteiger partial charge in [-0.3, -0.25) is 4.79 Å². The molecule has 2 aromatic heterocycles. The van der Waals surface area contributed by atoms with E-state index in [1.54, 1.807) is 6.92 Å². The van der Waals surface area contributed by atoms with Crippen LogP contribution in [0.4, 0.5) is 18.9 Å². The van der Waals surface area contributed by atoms with Crippen molar-refractivity contribution in [3.63, 3.8) is 0 Å². The fraction of sp³-hybridized carbons (Fsp3) is 0.350.